The van der Waals surface area contributed by atoms with Gasteiger partial charge in [0.15, 0.2) is 0 Å². The van der Waals surface area contributed by atoms with E-state index in [0.29, 0.717) is 6.61 Å². The van der Waals surface area contributed by atoms with Crippen LogP contribution in [0.2, 0.25) is 0 Å². The molecule has 0 fully saturated rings. The van der Waals surface area contributed by atoms with E-state index >= 15 is 0 Å². The molecule has 74 valence electrons. The van der Waals surface area contributed by atoms with E-state index in [4.69, 9.17) is 16.9 Å². The van der Waals surface area contributed by atoms with Crippen LogP contribution in [0.5, 0.6) is 0 Å². The minimum absolute atomic E-state index is 0.203. The normalized spacial score (nSPS) is 14.4. The summed E-state index contributed by atoms with van der Waals surface area (Å²) in [7, 11) is 0. The summed E-state index contributed by atoms with van der Waals surface area (Å²) >= 11 is 0. The van der Waals surface area contributed by atoms with Gasteiger partial charge in [-0.1, -0.05) is 36.3 Å². The van der Waals surface area contributed by atoms with Crippen molar-refractivity contribution < 1.29 is 4.74 Å². The molecule has 2 nitrogen and oxygen atoms in total. The van der Waals surface area contributed by atoms with Gasteiger partial charge in [0.05, 0.1) is 6.04 Å². The summed E-state index contributed by atoms with van der Waals surface area (Å²) in [5.41, 5.74) is 6.80. The van der Waals surface area contributed by atoms with E-state index in [0.717, 1.165) is 5.56 Å². The van der Waals surface area contributed by atoms with Crippen LogP contribution < -0.4 is 5.73 Å². The standard InChI is InChI=1S/C12H15NO/c1-3-11(13)12(14-4-2)10-8-6-5-7-9-10/h1,5-9,11-12H,4,13H2,2H3. The van der Waals surface area contributed by atoms with Crippen molar-refractivity contribution in [2.45, 2.75) is 19.1 Å². The van der Waals surface area contributed by atoms with Crippen LogP contribution >= 0.6 is 0 Å². The summed E-state index contributed by atoms with van der Waals surface area (Å²) in [6.07, 6.45) is 5.08. The van der Waals surface area contributed by atoms with Crippen molar-refractivity contribution in [1.29, 1.82) is 0 Å². The van der Waals surface area contributed by atoms with Gasteiger partial charge in [0.2, 0.25) is 0 Å². The first kappa shape index (κ1) is 10.8. The Morgan fingerprint density at radius 3 is 2.57 bits per heavy atom. The molecule has 0 bridgehead atoms. The fourth-order valence-electron chi connectivity index (χ4n) is 1.32. The number of hydrogen-bond donors (Lipinski definition) is 1. The van der Waals surface area contributed by atoms with Crippen molar-refractivity contribution in [2.24, 2.45) is 5.73 Å². The molecule has 0 radical (unpaired) electrons. The summed E-state index contributed by atoms with van der Waals surface area (Å²) < 4.78 is 5.51. The molecule has 0 aliphatic carbocycles. The average Bonchev–Trinajstić information content (AvgIpc) is 2.26. The molecule has 2 heteroatoms. The lowest BCUT2D eigenvalue weighted by atomic mass is 10.0. The number of rotatable bonds is 4. The van der Waals surface area contributed by atoms with Crippen LogP contribution in [0.1, 0.15) is 18.6 Å². The molecule has 2 N–H and O–H groups in total. The lowest BCUT2D eigenvalue weighted by Crippen LogP contribution is -2.28. The van der Waals surface area contributed by atoms with Gasteiger partial charge in [-0.05, 0) is 12.5 Å². The van der Waals surface area contributed by atoms with E-state index in [1.165, 1.54) is 0 Å². The fourth-order valence-corrected chi connectivity index (χ4v) is 1.32. The van der Waals surface area contributed by atoms with Crippen LogP contribution in [0.25, 0.3) is 0 Å². The molecular weight excluding hydrogens is 174 g/mol. The van der Waals surface area contributed by atoms with E-state index in [1.54, 1.807) is 0 Å². The predicted octanol–water partition coefficient (Wildman–Crippen LogP) is 1.72. The topological polar surface area (TPSA) is 35.2 Å². The summed E-state index contributed by atoms with van der Waals surface area (Å²) in [5, 5.41) is 0. The minimum atomic E-state index is -0.391. The monoisotopic (exact) mass is 189 g/mol. The van der Waals surface area contributed by atoms with Gasteiger partial charge in [-0.15, -0.1) is 6.42 Å². The van der Waals surface area contributed by atoms with Crippen molar-refractivity contribution in [2.75, 3.05) is 6.61 Å². The highest BCUT2D eigenvalue weighted by atomic mass is 16.5. The summed E-state index contributed by atoms with van der Waals surface area (Å²) in [5.74, 6) is 2.50. The SMILES string of the molecule is C#CC(N)C(OCC)c1ccccc1. The van der Waals surface area contributed by atoms with Crippen molar-refractivity contribution in [3.05, 3.63) is 35.9 Å². The number of nitrogens with two attached hydrogens (primary N) is 1. The van der Waals surface area contributed by atoms with E-state index in [1.807, 2.05) is 37.3 Å². The predicted molar refractivity (Wildman–Crippen MR) is 57.6 cm³/mol. The Morgan fingerprint density at radius 2 is 2.07 bits per heavy atom. The number of terminal acetylenes is 1. The molecule has 0 amide bonds. The zero-order chi connectivity index (χ0) is 10.4. The second kappa shape index (κ2) is 5.43. The highest BCUT2D eigenvalue weighted by Crippen LogP contribution is 2.19. The average molecular weight is 189 g/mol. The maximum atomic E-state index is 5.77. The van der Waals surface area contributed by atoms with Crippen LogP contribution in [0.15, 0.2) is 30.3 Å². The molecule has 1 aromatic rings. The smallest absolute Gasteiger partial charge is 0.109 e. The van der Waals surface area contributed by atoms with Crippen LogP contribution in [-0.4, -0.2) is 12.6 Å². The molecule has 1 rings (SSSR count). The lowest BCUT2D eigenvalue weighted by Gasteiger charge is -2.20. The zero-order valence-electron chi connectivity index (χ0n) is 8.31. The van der Waals surface area contributed by atoms with E-state index in [-0.39, 0.29) is 6.10 Å². The first-order chi connectivity index (χ1) is 6.79. The van der Waals surface area contributed by atoms with Gasteiger partial charge in [-0.2, -0.15) is 0 Å². The third kappa shape index (κ3) is 2.59. The summed E-state index contributed by atoms with van der Waals surface area (Å²) in [6, 6.07) is 9.40. The molecule has 14 heavy (non-hydrogen) atoms. The largest absolute Gasteiger partial charge is 0.371 e. The molecule has 0 spiro atoms. The molecule has 0 saturated heterocycles. The second-order valence-corrected chi connectivity index (χ2v) is 2.98. The Hall–Kier alpha value is -1.30. The Balaban J connectivity index is 2.84. The van der Waals surface area contributed by atoms with Crippen LogP contribution in [-0.2, 0) is 4.74 Å². The van der Waals surface area contributed by atoms with Gasteiger partial charge in [0.25, 0.3) is 0 Å². The third-order valence-electron chi connectivity index (χ3n) is 1.99. The van der Waals surface area contributed by atoms with Crippen molar-refractivity contribution >= 4 is 0 Å². The molecule has 1 aromatic carbocycles. The Kier molecular flexibility index (Phi) is 4.18. The number of ether oxygens (including phenoxy) is 1. The summed E-state index contributed by atoms with van der Waals surface area (Å²) in [6.45, 7) is 2.54. The van der Waals surface area contributed by atoms with Gasteiger partial charge in [0.1, 0.15) is 6.10 Å². The number of benzene rings is 1. The molecule has 0 saturated carbocycles. The highest BCUT2D eigenvalue weighted by molar-refractivity contribution is 5.22. The molecule has 0 heterocycles. The van der Waals surface area contributed by atoms with Gasteiger partial charge in [0, 0.05) is 6.61 Å². The van der Waals surface area contributed by atoms with Crippen LogP contribution in [0, 0.1) is 12.3 Å². The molecule has 2 atom stereocenters. The quantitative estimate of drug-likeness (QED) is 0.732. The highest BCUT2D eigenvalue weighted by Gasteiger charge is 2.17. The van der Waals surface area contributed by atoms with Gasteiger partial charge < -0.3 is 10.5 Å². The fraction of sp³-hybridized carbons (Fsp3) is 0.333. The van der Waals surface area contributed by atoms with Gasteiger partial charge >= 0.3 is 0 Å². The molecule has 0 aromatic heterocycles. The van der Waals surface area contributed by atoms with Gasteiger partial charge in [-0.3, -0.25) is 0 Å². The Labute approximate surface area is 85.1 Å². The maximum Gasteiger partial charge on any atom is 0.109 e. The van der Waals surface area contributed by atoms with Crippen molar-refractivity contribution in [1.82, 2.24) is 0 Å². The first-order valence-electron chi connectivity index (χ1n) is 4.67. The first-order valence-corrected chi connectivity index (χ1v) is 4.67. The summed E-state index contributed by atoms with van der Waals surface area (Å²) in [4.78, 5) is 0. The molecular formula is C12H15NO. The molecule has 0 aliphatic heterocycles. The van der Waals surface area contributed by atoms with Crippen molar-refractivity contribution in [3.63, 3.8) is 0 Å². The zero-order valence-corrected chi connectivity index (χ0v) is 8.31. The Morgan fingerprint density at radius 1 is 1.43 bits per heavy atom. The number of hydrogen-bond acceptors (Lipinski definition) is 2. The minimum Gasteiger partial charge on any atom is -0.371 e. The van der Waals surface area contributed by atoms with Crippen molar-refractivity contribution in [3.8, 4) is 12.3 Å². The van der Waals surface area contributed by atoms with Crippen LogP contribution in [0.3, 0.4) is 0 Å². The second-order valence-electron chi connectivity index (χ2n) is 2.98. The van der Waals surface area contributed by atoms with E-state index in [9.17, 15) is 0 Å². The van der Waals surface area contributed by atoms with Crippen LogP contribution in [0.4, 0.5) is 0 Å². The third-order valence-corrected chi connectivity index (χ3v) is 1.99. The lowest BCUT2D eigenvalue weighted by molar-refractivity contribution is 0.0555. The molecule has 0 aliphatic rings. The van der Waals surface area contributed by atoms with Gasteiger partial charge in [-0.25, -0.2) is 0 Å². The molecule has 2 unspecified atom stereocenters. The Bertz CT molecular complexity index is 302. The van der Waals surface area contributed by atoms with E-state index in [2.05, 4.69) is 5.92 Å². The maximum absolute atomic E-state index is 5.77. The van der Waals surface area contributed by atoms with E-state index < -0.39 is 6.04 Å².